The predicted molar refractivity (Wildman–Crippen MR) is 59.6 cm³/mol. The molecule has 1 unspecified atom stereocenters. The van der Waals surface area contributed by atoms with Gasteiger partial charge in [0.25, 0.3) is 0 Å². The Bertz CT molecular complexity index is 309. The average molecular weight is 245 g/mol. The number of aliphatic carboxylic acids is 1. The number of carboxylic acids is 1. The number of hydrogen-bond acceptors (Lipinski definition) is 4. The van der Waals surface area contributed by atoms with E-state index in [4.69, 9.17) is 9.84 Å². The number of carbonyl (C=O) groups excluding carboxylic acids is 1. The lowest BCUT2D eigenvalue weighted by atomic mass is 10.0. The van der Waals surface area contributed by atoms with E-state index in [0.717, 1.165) is 0 Å². The minimum absolute atomic E-state index is 0.0502. The second-order valence-corrected chi connectivity index (χ2v) is 5.21. The summed E-state index contributed by atoms with van der Waals surface area (Å²) in [6.07, 6.45) is -0.885. The van der Waals surface area contributed by atoms with E-state index in [1.807, 2.05) is 0 Å². The fourth-order valence-corrected chi connectivity index (χ4v) is 1.72. The van der Waals surface area contributed by atoms with Gasteiger partial charge in [0, 0.05) is 13.0 Å². The summed E-state index contributed by atoms with van der Waals surface area (Å²) < 4.78 is 5.13. The number of carboxylic acid groups (broad SMARTS) is 1. The number of piperidine rings is 1. The Kier molecular flexibility index (Phi) is 3.98. The van der Waals surface area contributed by atoms with Crippen molar-refractivity contribution in [2.75, 3.05) is 6.54 Å². The molecular weight excluding hydrogens is 226 g/mol. The number of amides is 1. The minimum atomic E-state index is -1.12. The van der Waals surface area contributed by atoms with Crippen molar-refractivity contribution < 1.29 is 24.5 Å². The monoisotopic (exact) mass is 245 g/mol. The van der Waals surface area contributed by atoms with Gasteiger partial charge >= 0.3 is 12.1 Å². The van der Waals surface area contributed by atoms with Gasteiger partial charge in [-0.15, -0.1) is 0 Å². The molecule has 0 aliphatic carbocycles. The van der Waals surface area contributed by atoms with Crippen LogP contribution in [0.4, 0.5) is 4.79 Å². The summed E-state index contributed by atoms with van der Waals surface area (Å²) in [6, 6.07) is -1.01. The fraction of sp³-hybridized carbons (Fsp3) is 0.818. The number of rotatable bonds is 1. The second kappa shape index (κ2) is 4.91. The van der Waals surface area contributed by atoms with Crippen molar-refractivity contribution in [2.45, 2.75) is 51.4 Å². The van der Waals surface area contributed by atoms with Crippen molar-refractivity contribution >= 4 is 12.1 Å². The van der Waals surface area contributed by atoms with Crippen molar-refractivity contribution in [3.05, 3.63) is 0 Å². The summed E-state index contributed by atoms with van der Waals surface area (Å²) in [5, 5.41) is 18.4. The molecule has 1 rings (SSSR count). The molecule has 98 valence electrons. The molecule has 6 heteroatoms. The van der Waals surface area contributed by atoms with Crippen LogP contribution in [0.15, 0.2) is 0 Å². The van der Waals surface area contributed by atoms with E-state index in [-0.39, 0.29) is 13.0 Å². The highest BCUT2D eigenvalue weighted by Gasteiger charge is 2.37. The Morgan fingerprint density at radius 2 is 1.94 bits per heavy atom. The van der Waals surface area contributed by atoms with E-state index in [0.29, 0.717) is 6.42 Å². The van der Waals surface area contributed by atoms with Crippen molar-refractivity contribution in [1.82, 2.24) is 4.90 Å². The zero-order valence-corrected chi connectivity index (χ0v) is 10.3. The molecule has 0 aromatic heterocycles. The molecule has 1 amide bonds. The van der Waals surface area contributed by atoms with Gasteiger partial charge < -0.3 is 14.9 Å². The van der Waals surface area contributed by atoms with Crippen molar-refractivity contribution in [3.8, 4) is 0 Å². The van der Waals surface area contributed by atoms with Crippen LogP contribution in [0, 0.1) is 0 Å². The molecule has 0 aromatic rings. The largest absolute Gasteiger partial charge is 0.480 e. The molecule has 0 spiro atoms. The molecule has 1 heterocycles. The van der Waals surface area contributed by atoms with Gasteiger partial charge in [0.15, 0.2) is 0 Å². The van der Waals surface area contributed by atoms with E-state index < -0.39 is 29.8 Å². The lowest BCUT2D eigenvalue weighted by Crippen LogP contribution is -2.52. The Labute approximate surface area is 100 Å². The molecule has 0 bridgehead atoms. The van der Waals surface area contributed by atoms with Gasteiger partial charge in [-0.3, -0.25) is 4.90 Å². The molecule has 2 N–H and O–H groups in total. The minimum Gasteiger partial charge on any atom is -0.480 e. The number of ether oxygens (including phenoxy) is 1. The maximum atomic E-state index is 11.8. The number of hydrogen-bond donors (Lipinski definition) is 2. The molecule has 1 aliphatic rings. The summed E-state index contributed by atoms with van der Waals surface area (Å²) >= 11 is 0. The normalized spacial score (nSPS) is 25.5. The molecule has 1 saturated heterocycles. The third kappa shape index (κ3) is 3.89. The topological polar surface area (TPSA) is 87.1 Å². The molecule has 0 radical (unpaired) electrons. The van der Waals surface area contributed by atoms with Crippen LogP contribution in [0.25, 0.3) is 0 Å². The number of nitrogens with zero attached hydrogens (tertiary/aromatic N) is 1. The highest BCUT2D eigenvalue weighted by Crippen LogP contribution is 2.20. The standard InChI is InChI=1S/C11H19NO5/c1-11(2,3)17-10(16)12-5-4-7(13)6-8(12)9(14)15/h7-8,13H,4-6H2,1-3H3,(H,14,15)/t7?,8-/m0/s1. The number of carbonyl (C=O) groups is 2. The zero-order chi connectivity index (χ0) is 13.2. The van der Waals surface area contributed by atoms with Crippen LogP contribution in [0.3, 0.4) is 0 Å². The maximum Gasteiger partial charge on any atom is 0.411 e. The first-order valence-electron chi connectivity index (χ1n) is 5.61. The second-order valence-electron chi connectivity index (χ2n) is 5.21. The summed E-state index contributed by atoms with van der Waals surface area (Å²) in [7, 11) is 0. The van der Waals surface area contributed by atoms with E-state index >= 15 is 0 Å². The van der Waals surface area contributed by atoms with E-state index in [9.17, 15) is 14.7 Å². The van der Waals surface area contributed by atoms with Gasteiger partial charge in [-0.25, -0.2) is 9.59 Å². The highest BCUT2D eigenvalue weighted by molar-refractivity contribution is 5.80. The third-order valence-corrected chi connectivity index (χ3v) is 2.49. The Morgan fingerprint density at radius 3 is 2.41 bits per heavy atom. The zero-order valence-electron chi connectivity index (χ0n) is 10.3. The predicted octanol–water partition coefficient (Wildman–Crippen LogP) is 0.831. The van der Waals surface area contributed by atoms with Gasteiger partial charge in [-0.05, 0) is 27.2 Å². The summed E-state index contributed by atoms with van der Waals surface area (Å²) in [5.74, 6) is -1.12. The van der Waals surface area contributed by atoms with Crippen molar-refractivity contribution in [2.24, 2.45) is 0 Å². The van der Waals surface area contributed by atoms with Crippen LogP contribution in [0.1, 0.15) is 33.6 Å². The first-order valence-corrected chi connectivity index (χ1v) is 5.61. The summed E-state index contributed by atoms with van der Waals surface area (Å²) in [4.78, 5) is 24.0. The number of aliphatic hydroxyl groups excluding tert-OH is 1. The quantitative estimate of drug-likeness (QED) is 0.714. The molecule has 0 saturated carbocycles. The van der Waals surface area contributed by atoms with Crippen LogP contribution in [-0.4, -0.2) is 51.5 Å². The highest BCUT2D eigenvalue weighted by atomic mass is 16.6. The molecule has 1 aliphatic heterocycles. The average Bonchev–Trinajstić information content (AvgIpc) is 2.14. The third-order valence-electron chi connectivity index (χ3n) is 2.49. The van der Waals surface area contributed by atoms with Gasteiger partial charge in [0.2, 0.25) is 0 Å². The van der Waals surface area contributed by atoms with E-state index in [1.54, 1.807) is 20.8 Å². The smallest absolute Gasteiger partial charge is 0.411 e. The first kappa shape index (κ1) is 13.8. The lowest BCUT2D eigenvalue weighted by molar-refractivity contribution is -0.146. The summed E-state index contributed by atoms with van der Waals surface area (Å²) in [6.45, 7) is 5.37. The van der Waals surface area contributed by atoms with Crippen LogP contribution >= 0.6 is 0 Å². The van der Waals surface area contributed by atoms with Crippen LogP contribution < -0.4 is 0 Å². The fourth-order valence-electron chi connectivity index (χ4n) is 1.72. The van der Waals surface area contributed by atoms with Gasteiger partial charge in [-0.1, -0.05) is 0 Å². The summed E-state index contributed by atoms with van der Waals surface area (Å²) in [5.41, 5.74) is -0.657. The molecule has 1 fully saturated rings. The lowest BCUT2D eigenvalue weighted by Gasteiger charge is -2.36. The van der Waals surface area contributed by atoms with Crippen LogP contribution in [0.2, 0.25) is 0 Å². The molecule has 2 atom stereocenters. The number of aliphatic hydroxyl groups is 1. The molecule has 17 heavy (non-hydrogen) atoms. The molecule has 6 nitrogen and oxygen atoms in total. The SMILES string of the molecule is CC(C)(C)OC(=O)N1CCC(O)C[C@H]1C(=O)O. The van der Waals surface area contributed by atoms with Gasteiger partial charge in [-0.2, -0.15) is 0 Å². The van der Waals surface area contributed by atoms with Crippen LogP contribution in [-0.2, 0) is 9.53 Å². The van der Waals surface area contributed by atoms with Gasteiger partial charge in [0.1, 0.15) is 11.6 Å². The molecular formula is C11H19NO5. The maximum absolute atomic E-state index is 11.8. The Balaban J connectivity index is 2.73. The Hall–Kier alpha value is -1.30. The molecule has 0 aromatic carbocycles. The van der Waals surface area contributed by atoms with Crippen molar-refractivity contribution in [3.63, 3.8) is 0 Å². The number of likely N-dealkylation sites (tertiary alicyclic amines) is 1. The first-order chi connectivity index (χ1) is 7.70. The van der Waals surface area contributed by atoms with E-state index in [2.05, 4.69) is 0 Å². The van der Waals surface area contributed by atoms with E-state index in [1.165, 1.54) is 4.90 Å². The Morgan fingerprint density at radius 1 is 1.35 bits per heavy atom. The van der Waals surface area contributed by atoms with Crippen LogP contribution in [0.5, 0.6) is 0 Å². The van der Waals surface area contributed by atoms with Crippen molar-refractivity contribution in [1.29, 1.82) is 0 Å². The van der Waals surface area contributed by atoms with Gasteiger partial charge in [0.05, 0.1) is 6.10 Å².